The third kappa shape index (κ3) is 9.15. The maximum Gasteiger partial charge on any atom is 0.336 e. The van der Waals surface area contributed by atoms with Crippen molar-refractivity contribution in [3.63, 3.8) is 0 Å². The van der Waals surface area contributed by atoms with Gasteiger partial charge in [-0.05, 0) is 66.9 Å². The van der Waals surface area contributed by atoms with Crippen LogP contribution in [-0.2, 0) is 39.9 Å². The first-order chi connectivity index (χ1) is 28.3. The summed E-state index contributed by atoms with van der Waals surface area (Å²) in [6, 6.07) is 28.3. The Bertz CT molecular complexity index is 2310. The van der Waals surface area contributed by atoms with Gasteiger partial charge in [0.2, 0.25) is 0 Å². The van der Waals surface area contributed by atoms with Crippen LogP contribution in [0.1, 0.15) is 48.6 Å². The van der Waals surface area contributed by atoms with Crippen LogP contribution < -0.4 is 14.5 Å². The highest BCUT2D eigenvalue weighted by molar-refractivity contribution is 7.99. The minimum Gasteiger partial charge on any atom is -0.497 e. The van der Waals surface area contributed by atoms with Crippen molar-refractivity contribution in [2.45, 2.75) is 49.5 Å². The average molecular weight is 821 g/mol. The lowest BCUT2D eigenvalue weighted by Crippen LogP contribution is -2.42. The molecule has 59 heavy (non-hydrogen) atoms. The monoisotopic (exact) mass is 820 g/mol. The second kappa shape index (κ2) is 18.4. The first kappa shape index (κ1) is 42.1. The zero-order valence-corrected chi connectivity index (χ0v) is 34.3. The fourth-order valence-electron chi connectivity index (χ4n) is 7.35. The van der Waals surface area contributed by atoms with Crippen molar-refractivity contribution in [1.29, 1.82) is 0 Å². The Labute approximate surface area is 345 Å². The number of nitrogens with zero attached hydrogens (tertiary/aromatic N) is 4. The van der Waals surface area contributed by atoms with E-state index < -0.39 is 46.0 Å². The summed E-state index contributed by atoms with van der Waals surface area (Å²) >= 11 is 1.45. The van der Waals surface area contributed by atoms with Gasteiger partial charge in [0.25, 0.3) is 11.6 Å². The SMILES string of the molecule is CCOC(=O)C1=C(CN(C)c2ccc(CN3C(=O)[C@H](OC(C)=O)[C@H](c4ccc(OC)cc4)Sc4ccccc43)cc2)N=C(C)C(C(=O)OC)C1c1cccc([N+](=O)[O-])c1. The van der Waals surface area contributed by atoms with E-state index in [0.717, 1.165) is 21.7 Å². The quantitative estimate of drug-likeness (QED) is 0.0576. The van der Waals surface area contributed by atoms with Gasteiger partial charge in [0.1, 0.15) is 11.7 Å². The Morgan fingerprint density at radius 2 is 1.66 bits per heavy atom. The van der Waals surface area contributed by atoms with E-state index >= 15 is 0 Å². The molecule has 0 bridgehead atoms. The topological polar surface area (TPSA) is 167 Å². The van der Waals surface area contributed by atoms with Crippen molar-refractivity contribution < 1.29 is 43.0 Å². The van der Waals surface area contributed by atoms with Crippen molar-refractivity contribution in [3.05, 3.63) is 135 Å². The Hall–Kier alpha value is -6.48. The number of nitro groups is 1. The number of hydrogen-bond donors (Lipinski definition) is 0. The zero-order valence-electron chi connectivity index (χ0n) is 33.4. The molecule has 0 fully saturated rings. The zero-order chi connectivity index (χ0) is 42.4. The van der Waals surface area contributed by atoms with Crippen molar-refractivity contribution in [2.75, 3.05) is 44.2 Å². The Kier molecular flexibility index (Phi) is 13.1. The molecule has 306 valence electrons. The number of rotatable bonds is 13. The summed E-state index contributed by atoms with van der Waals surface area (Å²) < 4.78 is 21.7. The second-order valence-corrected chi connectivity index (χ2v) is 15.1. The van der Waals surface area contributed by atoms with Crippen molar-refractivity contribution in [2.24, 2.45) is 10.9 Å². The molecule has 15 heteroatoms. The molecule has 0 saturated heterocycles. The summed E-state index contributed by atoms with van der Waals surface area (Å²) in [7, 11) is 4.63. The highest BCUT2D eigenvalue weighted by Gasteiger charge is 2.44. The molecular weight excluding hydrogens is 777 g/mol. The highest BCUT2D eigenvalue weighted by Crippen LogP contribution is 2.47. The van der Waals surface area contributed by atoms with E-state index in [-0.39, 0.29) is 36.9 Å². The van der Waals surface area contributed by atoms with E-state index in [4.69, 9.17) is 23.9 Å². The number of benzene rings is 4. The number of carbonyl (C=O) groups excluding carboxylic acids is 4. The van der Waals surface area contributed by atoms with E-state index in [9.17, 15) is 29.3 Å². The maximum absolute atomic E-state index is 14.5. The number of thioether (sulfide) groups is 1. The van der Waals surface area contributed by atoms with Crippen molar-refractivity contribution in [3.8, 4) is 5.75 Å². The predicted molar refractivity (Wildman–Crippen MR) is 223 cm³/mol. The molecule has 2 aliphatic rings. The van der Waals surface area contributed by atoms with Gasteiger partial charge in [-0.15, -0.1) is 11.8 Å². The third-order valence-corrected chi connectivity index (χ3v) is 11.5. The van der Waals surface area contributed by atoms with Crippen LogP contribution in [-0.4, -0.2) is 75.0 Å². The smallest absolute Gasteiger partial charge is 0.336 e. The summed E-state index contributed by atoms with van der Waals surface area (Å²) in [4.78, 5) is 74.2. The fraction of sp³-hybridized carbons (Fsp3) is 0.295. The van der Waals surface area contributed by atoms with Gasteiger partial charge in [-0.1, -0.05) is 48.5 Å². The summed E-state index contributed by atoms with van der Waals surface area (Å²) in [6.07, 6.45) is -1.12. The first-order valence-corrected chi connectivity index (χ1v) is 19.7. The molecule has 4 atom stereocenters. The largest absolute Gasteiger partial charge is 0.497 e. The molecule has 4 aromatic rings. The number of aliphatic imine (C=N–C) groups is 1. The van der Waals surface area contributed by atoms with Gasteiger partial charge >= 0.3 is 17.9 Å². The van der Waals surface area contributed by atoms with E-state index in [1.807, 2.05) is 84.7 Å². The van der Waals surface area contributed by atoms with Crippen LogP contribution in [0.2, 0.25) is 0 Å². The Balaban J connectivity index is 1.31. The van der Waals surface area contributed by atoms with Crippen LogP contribution in [0.15, 0.2) is 118 Å². The molecule has 0 aromatic heterocycles. The number of esters is 3. The molecule has 0 spiro atoms. The number of para-hydroxylation sites is 1. The number of hydrogen-bond acceptors (Lipinski definition) is 13. The molecule has 0 radical (unpaired) electrons. The van der Waals surface area contributed by atoms with Crippen LogP contribution in [0.5, 0.6) is 5.75 Å². The van der Waals surface area contributed by atoms with E-state index in [1.165, 1.54) is 44.0 Å². The molecule has 2 aliphatic heterocycles. The molecule has 14 nitrogen and oxygen atoms in total. The highest BCUT2D eigenvalue weighted by atomic mass is 32.2. The lowest BCUT2D eigenvalue weighted by atomic mass is 9.75. The van der Waals surface area contributed by atoms with Crippen LogP contribution in [0.3, 0.4) is 0 Å². The third-order valence-electron chi connectivity index (χ3n) is 10.1. The number of fused-ring (bicyclic) bond motifs is 1. The summed E-state index contributed by atoms with van der Waals surface area (Å²) in [6.45, 7) is 4.94. The van der Waals surface area contributed by atoms with E-state index in [0.29, 0.717) is 28.4 Å². The fourth-order valence-corrected chi connectivity index (χ4v) is 8.67. The predicted octanol–water partition coefficient (Wildman–Crippen LogP) is 7.22. The number of carbonyl (C=O) groups is 4. The standard InChI is InChI=1S/C44H44N4O10S/c1-7-57-44(52)39-34(45-26(2)37(43(51)56-6)38(39)30-11-10-12-32(23-30)48(53)54)25-46(4)31-19-15-28(16-20-31)24-47-35-13-8-9-14-36(35)59-41(40(42(47)50)58-27(3)49)29-17-21-33(55-5)22-18-29/h8-23,37-38,40-41H,7,24-25H2,1-6H3/t37?,38?,40-,41+/m1/s1. The van der Waals surface area contributed by atoms with Crippen molar-refractivity contribution >= 4 is 58.4 Å². The van der Waals surface area contributed by atoms with E-state index in [2.05, 4.69) is 0 Å². The lowest BCUT2D eigenvalue weighted by Gasteiger charge is -2.33. The maximum atomic E-state index is 14.5. The second-order valence-electron chi connectivity index (χ2n) is 13.9. The number of likely N-dealkylation sites (N-methyl/N-ethyl adjacent to an activating group) is 1. The first-order valence-electron chi connectivity index (χ1n) is 18.8. The van der Waals surface area contributed by atoms with Gasteiger partial charge in [0.15, 0.2) is 6.10 Å². The summed E-state index contributed by atoms with van der Waals surface area (Å²) in [5.41, 5.74) is 4.00. The minimum absolute atomic E-state index is 0.0482. The van der Waals surface area contributed by atoms with Crippen molar-refractivity contribution in [1.82, 2.24) is 0 Å². The molecule has 2 heterocycles. The Morgan fingerprint density at radius 1 is 0.949 bits per heavy atom. The van der Waals surface area contributed by atoms with Gasteiger partial charge in [-0.25, -0.2) is 4.79 Å². The lowest BCUT2D eigenvalue weighted by molar-refractivity contribution is -0.384. The number of non-ortho nitro benzene ring substituents is 1. The Morgan fingerprint density at radius 3 is 2.31 bits per heavy atom. The van der Waals surface area contributed by atoms with Gasteiger partial charge < -0.3 is 28.7 Å². The van der Waals surface area contributed by atoms with Crippen LogP contribution >= 0.6 is 11.8 Å². The molecule has 0 saturated carbocycles. The molecule has 1 amide bonds. The summed E-state index contributed by atoms with van der Waals surface area (Å²) in [5.74, 6) is -3.64. The van der Waals surface area contributed by atoms with Gasteiger partial charge in [-0.3, -0.25) is 29.5 Å². The van der Waals surface area contributed by atoms with Gasteiger partial charge in [0, 0.05) is 48.3 Å². The normalized spacial score (nSPS) is 18.8. The number of anilines is 2. The molecule has 0 N–H and O–H groups in total. The van der Waals surface area contributed by atoms with Crippen LogP contribution in [0, 0.1) is 16.0 Å². The summed E-state index contributed by atoms with van der Waals surface area (Å²) in [5, 5.41) is 11.2. The number of ether oxygens (including phenoxy) is 4. The van der Waals surface area contributed by atoms with Gasteiger partial charge in [-0.2, -0.15) is 0 Å². The number of nitro benzene ring substituents is 1. The minimum atomic E-state index is -1.12. The number of amides is 1. The van der Waals surface area contributed by atoms with Gasteiger partial charge in [0.05, 0.1) is 61.0 Å². The van der Waals surface area contributed by atoms with E-state index in [1.54, 1.807) is 31.9 Å². The average Bonchev–Trinajstić information content (AvgIpc) is 3.34. The van der Waals surface area contributed by atoms with Crippen LogP contribution in [0.4, 0.5) is 17.1 Å². The molecule has 2 unspecified atom stereocenters. The van der Waals surface area contributed by atoms with Crippen LogP contribution in [0.25, 0.3) is 0 Å². The number of methoxy groups -OCH3 is 2. The molecule has 0 aliphatic carbocycles. The molecular formula is C44H44N4O10S. The molecule has 6 rings (SSSR count). The molecule has 4 aromatic carbocycles.